The summed E-state index contributed by atoms with van der Waals surface area (Å²) in [6, 6.07) is 0. The van der Waals surface area contributed by atoms with Crippen molar-refractivity contribution >= 4 is 17.6 Å². The Labute approximate surface area is 72.2 Å². The fourth-order valence-electron chi connectivity index (χ4n) is 0.823. The Balaban J connectivity index is 4.67. The van der Waals surface area contributed by atoms with Crippen molar-refractivity contribution in [3.63, 3.8) is 0 Å². The first-order chi connectivity index (χ1) is 5.67. The summed E-state index contributed by atoms with van der Waals surface area (Å²) >= 11 is 0. The van der Waals surface area contributed by atoms with E-state index in [1.807, 2.05) is 6.92 Å². The normalized spacial score (nSPS) is 16.9. The molecule has 5 nitrogen and oxygen atoms in total. The molecule has 0 aliphatic rings. The number of aliphatic imine (C=N–C) groups is 1. The standard InChI is InChI=1S/C7H15N5/c1-5(10-3)7(4-11-8)6(2)12-9/h4,7H,8-9H2,1-3H3/b10-5?,11-4+,12-6-. The van der Waals surface area contributed by atoms with Gasteiger partial charge in [-0.2, -0.15) is 10.2 Å². The molecule has 0 spiro atoms. The number of hydrogen-bond donors (Lipinski definition) is 2. The van der Waals surface area contributed by atoms with Crippen LogP contribution in [0.2, 0.25) is 0 Å². The average molecular weight is 169 g/mol. The average Bonchev–Trinajstić information content (AvgIpc) is 2.11. The van der Waals surface area contributed by atoms with E-state index in [-0.39, 0.29) is 5.92 Å². The second kappa shape index (κ2) is 5.29. The summed E-state index contributed by atoms with van der Waals surface area (Å²) in [6.07, 6.45) is 1.56. The SMILES string of the molecule is CN=C(C)C(/C=N/N)/C(C)=N\N. The van der Waals surface area contributed by atoms with Gasteiger partial charge in [0.25, 0.3) is 0 Å². The molecule has 0 aliphatic heterocycles. The van der Waals surface area contributed by atoms with Crippen LogP contribution in [0, 0.1) is 5.92 Å². The third-order valence-corrected chi connectivity index (χ3v) is 1.69. The molecule has 0 bridgehead atoms. The molecule has 0 radical (unpaired) electrons. The van der Waals surface area contributed by atoms with E-state index in [1.54, 1.807) is 20.2 Å². The Morgan fingerprint density at radius 3 is 2.17 bits per heavy atom. The third-order valence-electron chi connectivity index (χ3n) is 1.69. The van der Waals surface area contributed by atoms with Crippen LogP contribution < -0.4 is 11.7 Å². The highest BCUT2D eigenvalue weighted by Gasteiger charge is 2.12. The number of hydrogen-bond acceptors (Lipinski definition) is 5. The van der Waals surface area contributed by atoms with Crippen LogP contribution >= 0.6 is 0 Å². The molecule has 0 rings (SSSR count). The van der Waals surface area contributed by atoms with E-state index in [2.05, 4.69) is 15.2 Å². The maximum Gasteiger partial charge on any atom is 0.0735 e. The van der Waals surface area contributed by atoms with E-state index in [4.69, 9.17) is 11.7 Å². The van der Waals surface area contributed by atoms with Crippen LogP contribution in [-0.2, 0) is 0 Å². The molecule has 0 saturated carbocycles. The monoisotopic (exact) mass is 169 g/mol. The minimum atomic E-state index is -0.0787. The predicted molar refractivity (Wildman–Crippen MR) is 52.5 cm³/mol. The molecule has 1 unspecified atom stereocenters. The van der Waals surface area contributed by atoms with Crippen molar-refractivity contribution in [1.29, 1.82) is 0 Å². The van der Waals surface area contributed by atoms with Gasteiger partial charge in [-0.15, -0.1) is 0 Å². The van der Waals surface area contributed by atoms with Gasteiger partial charge in [0.05, 0.1) is 5.92 Å². The lowest BCUT2D eigenvalue weighted by Crippen LogP contribution is -2.23. The number of rotatable bonds is 3. The van der Waals surface area contributed by atoms with Crippen LogP contribution in [0.25, 0.3) is 0 Å². The zero-order chi connectivity index (χ0) is 9.56. The molecule has 4 N–H and O–H groups in total. The van der Waals surface area contributed by atoms with E-state index in [0.717, 1.165) is 11.4 Å². The summed E-state index contributed by atoms with van der Waals surface area (Å²) in [6.45, 7) is 3.68. The number of hydrazone groups is 2. The van der Waals surface area contributed by atoms with Crippen molar-refractivity contribution in [2.24, 2.45) is 32.8 Å². The molecule has 0 amide bonds. The Kier molecular flexibility index (Phi) is 4.67. The topological polar surface area (TPSA) is 89.1 Å². The lowest BCUT2D eigenvalue weighted by Gasteiger charge is -2.09. The Hall–Kier alpha value is -1.39. The summed E-state index contributed by atoms with van der Waals surface area (Å²) in [5.74, 6) is 10.1. The highest BCUT2D eigenvalue weighted by Crippen LogP contribution is 1.99. The van der Waals surface area contributed by atoms with Crippen molar-refractivity contribution in [3.05, 3.63) is 0 Å². The molecule has 0 aromatic carbocycles. The van der Waals surface area contributed by atoms with Gasteiger partial charge in [0.1, 0.15) is 0 Å². The Morgan fingerprint density at radius 1 is 1.25 bits per heavy atom. The second-order valence-electron chi connectivity index (χ2n) is 2.41. The maximum atomic E-state index is 5.13. The largest absolute Gasteiger partial charge is 0.324 e. The van der Waals surface area contributed by atoms with Crippen LogP contribution in [-0.4, -0.2) is 24.7 Å². The molecule has 0 aromatic heterocycles. The number of nitrogens with zero attached hydrogens (tertiary/aromatic N) is 3. The van der Waals surface area contributed by atoms with Gasteiger partial charge >= 0.3 is 0 Å². The van der Waals surface area contributed by atoms with Crippen LogP contribution in [0.4, 0.5) is 0 Å². The lowest BCUT2D eigenvalue weighted by atomic mass is 10.0. The van der Waals surface area contributed by atoms with Gasteiger partial charge in [-0.05, 0) is 13.8 Å². The fraction of sp³-hybridized carbons (Fsp3) is 0.571. The lowest BCUT2D eigenvalue weighted by molar-refractivity contribution is 1.13. The summed E-state index contributed by atoms with van der Waals surface area (Å²) < 4.78 is 0. The van der Waals surface area contributed by atoms with Crippen molar-refractivity contribution in [2.75, 3.05) is 7.05 Å². The summed E-state index contributed by atoms with van der Waals surface area (Å²) in [5.41, 5.74) is 1.63. The molecule has 0 aromatic rings. The zero-order valence-corrected chi connectivity index (χ0v) is 7.65. The molecule has 0 fully saturated rings. The molecule has 68 valence electrons. The van der Waals surface area contributed by atoms with Gasteiger partial charge < -0.3 is 11.7 Å². The van der Waals surface area contributed by atoms with E-state index in [0.29, 0.717) is 0 Å². The van der Waals surface area contributed by atoms with Gasteiger partial charge in [0.2, 0.25) is 0 Å². The molecular formula is C7H15N5. The van der Waals surface area contributed by atoms with Crippen molar-refractivity contribution in [1.82, 2.24) is 0 Å². The summed E-state index contributed by atoms with van der Waals surface area (Å²) in [5, 5.41) is 7.00. The number of nitrogens with two attached hydrogens (primary N) is 2. The minimum Gasteiger partial charge on any atom is -0.324 e. The van der Waals surface area contributed by atoms with Crippen molar-refractivity contribution in [2.45, 2.75) is 13.8 Å². The van der Waals surface area contributed by atoms with Gasteiger partial charge in [0, 0.05) is 24.7 Å². The molecule has 0 aliphatic carbocycles. The van der Waals surface area contributed by atoms with Crippen LogP contribution in [0.1, 0.15) is 13.8 Å². The summed E-state index contributed by atoms with van der Waals surface area (Å²) in [7, 11) is 1.70. The van der Waals surface area contributed by atoms with Crippen LogP contribution in [0.3, 0.4) is 0 Å². The van der Waals surface area contributed by atoms with E-state index < -0.39 is 0 Å². The van der Waals surface area contributed by atoms with E-state index in [1.165, 1.54) is 0 Å². The Bertz CT molecular complexity index is 198. The molecule has 5 heteroatoms. The van der Waals surface area contributed by atoms with Crippen LogP contribution in [0.15, 0.2) is 15.2 Å². The van der Waals surface area contributed by atoms with Gasteiger partial charge in [-0.1, -0.05) is 0 Å². The third kappa shape index (κ3) is 2.69. The first-order valence-corrected chi connectivity index (χ1v) is 3.58. The predicted octanol–water partition coefficient (Wildman–Crippen LogP) is -0.0276. The first kappa shape index (κ1) is 10.6. The molecule has 0 heterocycles. The highest BCUT2D eigenvalue weighted by atomic mass is 15.1. The van der Waals surface area contributed by atoms with Gasteiger partial charge in [0.15, 0.2) is 0 Å². The molecule has 12 heavy (non-hydrogen) atoms. The zero-order valence-electron chi connectivity index (χ0n) is 7.65. The van der Waals surface area contributed by atoms with Gasteiger partial charge in [-0.25, -0.2) is 0 Å². The van der Waals surface area contributed by atoms with Crippen LogP contribution in [0.5, 0.6) is 0 Å². The maximum absolute atomic E-state index is 5.13. The summed E-state index contributed by atoms with van der Waals surface area (Å²) in [4.78, 5) is 4.01. The molecule has 1 atom stereocenters. The fourth-order valence-corrected chi connectivity index (χ4v) is 0.823. The van der Waals surface area contributed by atoms with Gasteiger partial charge in [-0.3, -0.25) is 4.99 Å². The Morgan fingerprint density at radius 2 is 1.83 bits per heavy atom. The van der Waals surface area contributed by atoms with E-state index in [9.17, 15) is 0 Å². The molecule has 0 saturated heterocycles. The quantitative estimate of drug-likeness (QED) is 0.353. The highest BCUT2D eigenvalue weighted by molar-refractivity contribution is 6.16. The van der Waals surface area contributed by atoms with Crippen molar-refractivity contribution in [3.8, 4) is 0 Å². The van der Waals surface area contributed by atoms with Crippen molar-refractivity contribution < 1.29 is 0 Å². The first-order valence-electron chi connectivity index (χ1n) is 3.58. The molecular weight excluding hydrogens is 154 g/mol. The second-order valence-corrected chi connectivity index (χ2v) is 2.41. The minimum absolute atomic E-state index is 0.0787. The van der Waals surface area contributed by atoms with E-state index >= 15 is 0 Å². The smallest absolute Gasteiger partial charge is 0.0735 e.